The third-order valence-corrected chi connectivity index (χ3v) is 3.68. The molecule has 0 radical (unpaired) electrons. The molecule has 0 spiro atoms. The molecule has 0 saturated carbocycles. The Balaban J connectivity index is 2.32. The molecule has 2 N–H and O–H groups in total. The number of halogens is 2. The minimum atomic E-state index is -1.18. The van der Waals surface area contributed by atoms with Crippen LogP contribution in [0.4, 0.5) is 0 Å². The first-order chi connectivity index (χ1) is 11.4. The maximum atomic E-state index is 11.7. The van der Waals surface area contributed by atoms with Crippen molar-refractivity contribution in [2.24, 2.45) is 0 Å². The first kappa shape index (κ1) is 17.9. The van der Waals surface area contributed by atoms with Crippen LogP contribution in [-0.2, 0) is 9.53 Å². The molecule has 2 rings (SSSR count). The van der Waals surface area contributed by atoms with Crippen LogP contribution >= 0.6 is 23.2 Å². The molecule has 1 aromatic heterocycles. The lowest BCUT2D eigenvalue weighted by molar-refractivity contribution is -0.137. The summed E-state index contributed by atoms with van der Waals surface area (Å²) in [5.41, 5.74) is 0.650. The minimum absolute atomic E-state index is 0.0921. The number of H-pyrrole nitrogens is 1. The van der Waals surface area contributed by atoms with Gasteiger partial charge in [-0.15, -0.1) is 12.3 Å². The van der Waals surface area contributed by atoms with Crippen molar-refractivity contribution < 1.29 is 19.4 Å². The monoisotopic (exact) mass is 365 g/mol. The second kappa shape index (κ2) is 7.91. The standard InChI is InChI=1S/C17H13Cl2NO4/c1-2-3-4-7-24-14(21)6-5-11-15-12(19)8-10(18)9-13(15)20-16(11)17(22)23/h1,5-6,8-9,20H,3-4,7H2,(H,22,23)/b6-5+. The van der Waals surface area contributed by atoms with Gasteiger partial charge in [-0.05, 0) is 24.6 Å². The number of fused-ring (bicyclic) bond motifs is 1. The molecule has 0 amide bonds. The lowest BCUT2D eigenvalue weighted by atomic mass is 10.1. The van der Waals surface area contributed by atoms with Crippen LogP contribution in [0.5, 0.6) is 0 Å². The fourth-order valence-electron chi connectivity index (χ4n) is 2.15. The number of rotatable bonds is 6. The molecule has 124 valence electrons. The van der Waals surface area contributed by atoms with Crippen molar-refractivity contribution in [3.8, 4) is 12.3 Å². The SMILES string of the molecule is C#CCCCOC(=O)/C=C/c1c(C(=O)O)[nH]c2cc(Cl)cc(Cl)c12. The number of hydrogen-bond donors (Lipinski definition) is 2. The predicted octanol–water partition coefficient (Wildman–Crippen LogP) is 4.14. The summed E-state index contributed by atoms with van der Waals surface area (Å²) in [5.74, 6) is 0.668. The highest BCUT2D eigenvalue weighted by atomic mass is 35.5. The van der Waals surface area contributed by atoms with E-state index in [4.69, 9.17) is 34.4 Å². The second-order valence-corrected chi connectivity index (χ2v) is 5.68. The Morgan fingerprint density at radius 1 is 1.38 bits per heavy atom. The van der Waals surface area contributed by atoms with Crippen LogP contribution in [0.15, 0.2) is 18.2 Å². The van der Waals surface area contributed by atoms with Gasteiger partial charge in [-0.1, -0.05) is 23.2 Å². The van der Waals surface area contributed by atoms with Crippen LogP contribution < -0.4 is 0 Å². The van der Waals surface area contributed by atoms with Crippen LogP contribution in [0.25, 0.3) is 17.0 Å². The number of carboxylic acids is 1. The number of benzene rings is 1. The van der Waals surface area contributed by atoms with Crippen molar-refractivity contribution in [3.05, 3.63) is 39.5 Å². The van der Waals surface area contributed by atoms with Crippen molar-refractivity contribution >= 4 is 52.1 Å². The Morgan fingerprint density at radius 2 is 2.12 bits per heavy atom. The van der Waals surface area contributed by atoms with Gasteiger partial charge in [-0.25, -0.2) is 9.59 Å². The summed E-state index contributed by atoms with van der Waals surface area (Å²) in [4.78, 5) is 25.8. The first-order valence-electron chi connectivity index (χ1n) is 6.96. The molecule has 0 unspecified atom stereocenters. The van der Waals surface area contributed by atoms with Crippen molar-refractivity contribution in [1.29, 1.82) is 0 Å². The number of carboxylic acid groups (broad SMARTS) is 1. The van der Waals surface area contributed by atoms with Crippen molar-refractivity contribution in [2.75, 3.05) is 6.61 Å². The largest absolute Gasteiger partial charge is 0.477 e. The molecule has 0 fully saturated rings. The Labute approximate surface area is 148 Å². The predicted molar refractivity (Wildman–Crippen MR) is 93.3 cm³/mol. The Morgan fingerprint density at radius 3 is 2.79 bits per heavy atom. The molecule has 0 atom stereocenters. The number of carbonyl (C=O) groups excluding carboxylic acids is 1. The molecule has 24 heavy (non-hydrogen) atoms. The highest BCUT2D eigenvalue weighted by Gasteiger charge is 2.18. The zero-order valence-electron chi connectivity index (χ0n) is 12.4. The molecule has 0 aliphatic rings. The molecule has 1 aromatic carbocycles. The van der Waals surface area contributed by atoms with E-state index in [9.17, 15) is 14.7 Å². The summed E-state index contributed by atoms with van der Waals surface area (Å²) in [6.45, 7) is 0.198. The first-order valence-corrected chi connectivity index (χ1v) is 7.72. The molecule has 7 heteroatoms. The van der Waals surface area contributed by atoms with Gasteiger partial charge in [0, 0.05) is 34.0 Å². The number of hydrogen-bond acceptors (Lipinski definition) is 3. The van der Waals surface area contributed by atoms with Crippen molar-refractivity contribution in [1.82, 2.24) is 4.98 Å². The number of ether oxygens (including phenoxy) is 1. The number of carbonyl (C=O) groups is 2. The summed E-state index contributed by atoms with van der Waals surface area (Å²) in [7, 11) is 0. The average Bonchev–Trinajstić information content (AvgIpc) is 2.88. The van der Waals surface area contributed by atoms with E-state index in [-0.39, 0.29) is 22.9 Å². The van der Waals surface area contributed by atoms with Gasteiger partial charge in [0.1, 0.15) is 5.69 Å². The zero-order chi connectivity index (χ0) is 17.7. The third kappa shape index (κ3) is 4.10. The Bertz CT molecular complexity index is 862. The van der Waals surface area contributed by atoms with E-state index in [1.54, 1.807) is 6.07 Å². The topological polar surface area (TPSA) is 79.4 Å². The van der Waals surface area contributed by atoms with E-state index in [0.717, 1.165) is 6.08 Å². The average molecular weight is 366 g/mol. The number of unbranched alkanes of at least 4 members (excludes halogenated alkanes) is 1. The summed E-state index contributed by atoms with van der Waals surface area (Å²) in [5, 5.41) is 10.4. The normalized spacial score (nSPS) is 10.9. The van der Waals surface area contributed by atoms with Crippen molar-refractivity contribution in [2.45, 2.75) is 12.8 Å². The Hall–Kier alpha value is -2.42. The molecule has 2 aromatic rings. The van der Waals surface area contributed by atoms with E-state index < -0.39 is 11.9 Å². The number of terminal acetylenes is 1. The lowest BCUT2D eigenvalue weighted by Gasteiger charge is -2.00. The van der Waals surface area contributed by atoms with Gasteiger partial charge in [0.05, 0.1) is 11.6 Å². The number of aromatic nitrogens is 1. The van der Waals surface area contributed by atoms with E-state index >= 15 is 0 Å². The molecule has 1 heterocycles. The fourth-order valence-corrected chi connectivity index (χ4v) is 2.75. The van der Waals surface area contributed by atoms with Crippen molar-refractivity contribution in [3.63, 3.8) is 0 Å². The smallest absolute Gasteiger partial charge is 0.352 e. The molecule has 5 nitrogen and oxygen atoms in total. The highest BCUT2D eigenvalue weighted by Crippen LogP contribution is 2.33. The quantitative estimate of drug-likeness (QED) is 0.349. The van der Waals surface area contributed by atoms with Gasteiger partial charge >= 0.3 is 11.9 Å². The molecular formula is C17H13Cl2NO4. The molecule has 0 bridgehead atoms. The maximum Gasteiger partial charge on any atom is 0.352 e. The summed E-state index contributed by atoms with van der Waals surface area (Å²) in [6.07, 6.45) is 8.68. The fraction of sp³-hybridized carbons (Fsp3) is 0.176. The van der Waals surface area contributed by atoms with Gasteiger partial charge in [0.2, 0.25) is 0 Å². The van der Waals surface area contributed by atoms with E-state index in [1.165, 1.54) is 12.1 Å². The van der Waals surface area contributed by atoms with E-state index in [0.29, 0.717) is 28.8 Å². The molecule has 0 aliphatic carbocycles. The van der Waals surface area contributed by atoms with Gasteiger partial charge in [0.25, 0.3) is 0 Å². The van der Waals surface area contributed by atoms with Gasteiger partial charge in [0.15, 0.2) is 0 Å². The molecular weight excluding hydrogens is 353 g/mol. The van der Waals surface area contributed by atoms with E-state index in [2.05, 4.69) is 10.9 Å². The van der Waals surface area contributed by atoms with E-state index in [1.807, 2.05) is 0 Å². The number of esters is 1. The number of nitrogens with one attached hydrogen (secondary N) is 1. The summed E-state index contributed by atoms with van der Waals surface area (Å²) >= 11 is 12.1. The minimum Gasteiger partial charge on any atom is -0.477 e. The van der Waals surface area contributed by atoms with Gasteiger partial charge in [-0.2, -0.15) is 0 Å². The zero-order valence-corrected chi connectivity index (χ0v) is 13.9. The number of aromatic amines is 1. The Kier molecular flexibility index (Phi) is 5.91. The van der Waals surface area contributed by atoms with Crippen LogP contribution in [0.3, 0.4) is 0 Å². The van der Waals surface area contributed by atoms with Crippen LogP contribution in [-0.4, -0.2) is 28.6 Å². The highest BCUT2D eigenvalue weighted by molar-refractivity contribution is 6.39. The third-order valence-electron chi connectivity index (χ3n) is 3.16. The second-order valence-electron chi connectivity index (χ2n) is 4.84. The molecule has 0 aliphatic heterocycles. The maximum absolute atomic E-state index is 11.7. The van der Waals surface area contributed by atoms with Crippen LogP contribution in [0, 0.1) is 12.3 Å². The lowest BCUT2D eigenvalue weighted by Crippen LogP contribution is -2.02. The summed E-state index contributed by atoms with van der Waals surface area (Å²) < 4.78 is 4.97. The van der Waals surface area contributed by atoms with Gasteiger partial charge < -0.3 is 14.8 Å². The van der Waals surface area contributed by atoms with Crippen LogP contribution in [0.2, 0.25) is 10.0 Å². The summed E-state index contributed by atoms with van der Waals surface area (Å²) in [6, 6.07) is 3.06. The van der Waals surface area contributed by atoms with Crippen LogP contribution in [0.1, 0.15) is 28.9 Å². The van der Waals surface area contributed by atoms with Gasteiger partial charge in [-0.3, -0.25) is 0 Å². The molecule has 0 saturated heterocycles. The number of aromatic carboxylic acids is 1.